The second kappa shape index (κ2) is 8.93. The van der Waals surface area contributed by atoms with Crippen LogP contribution in [0.15, 0.2) is 53.6 Å². The number of aromatic nitrogens is 1. The lowest BCUT2D eigenvalue weighted by atomic mass is 10.1. The van der Waals surface area contributed by atoms with Crippen LogP contribution in [0.25, 0.3) is 5.69 Å². The highest BCUT2D eigenvalue weighted by atomic mass is 35.5. The van der Waals surface area contributed by atoms with Crippen LogP contribution in [-0.2, 0) is 17.4 Å². The SMILES string of the molecule is Cc1cc(/C=N/NC(=O)Cc2cccc(C(F)(F)F)c2)c(C)n1-c1ccc(F)c(Cl)c1. The summed E-state index contributed by atoms with van der Waals surface area (Å²) < 4.78 is 53.6. The third-order valence-corrected chi connectivity index (χ3v) is 4.93. The Bertz CT molecular complexity index is 1150. The zero-order valence-electron chi connectivity index (χ0n) is 16.6. The fraction of sp³-hybridized carbons (Fsp3) is 0.182. The molecule has 3 aromatic rings. The lowest BCUT2D eigenvalue weighted by molar-refractivity contribution is -0.137. The first kappa shape index (κ1) is 22.6. The summed E-state index contributed by atoms with van der Waals surface area (Å²) in [7, 11) is 0. The van der Waals surface area contributed by atoms with Gasteiger partial charge < -0.3 is 4.57 Å². The number of hydrogen-bond donors (Lipinski definition) is 1. The van der Waals surface area contributed by atoms with Gasteiger partial charge in [0.25, 0.3) is 0 Å². The first-order valence-electron chi connectivity index (χ1n) is 9.18. The van der Waals surface area contributed by atoms with Crippen molar-refractivity contribution >= 4 is 23.7 Å². The molecule has 9 heteroatoms. The van der Waals surface area contributed by atoms with Gasteiger partial charge in [0.05, 0.1) is 23.2 Å². The third-order valence-electron chi connectivity index (χ3n) is 4.64. The van der Waals surface area contributed by atoms with Crippen LogP contribution in [-0.4, -0.2) is 16.7 Å². The molecule has 0 aliphatic rings. The molecule has 0 aliphatic heterocycles. The molecule has 2 aromatic carbocycles. The van der Waals surface area contributed by atoms with E-state index in [1.165, 1.54) is 30.5 Å². The Labute approximate surface area is 181 Å². The molecule has 1 aromatic heterocycles. The molecule has 0 atom stereocenters. The first-order valence-corrected chi connectivity index (χ1v) is 9.56. The number of amides is 1. The Hall–Kier alpha value is -3.13. The number of carbonyl (C=O) groups is 1. The van der Waals surface area contributed by atoms with Crippen LogP contribution >= 0.6 is 11.6 Å². The van der Waals surface area contributed by atoms with E-state index >= 15 is 0 Å². The molecular weight excluding hydrogens is 434 g/mol. The summed E-state index contributed by atoms with van der Waals surface area (Å²) in [6.45, 7) is 3.68. The van der Waals surface area contributed by atoms with Crippen molar-refractivity contribution in [3.63, 3.8) is 0 Å². The summed E-state index contributed by atoms with van der Waals surface area (Å²) in [5.41, 5.74) is 4.75. The summed E-state index contributed by atoms with van der Waals surface area (Å²) >= 11 is 5.87. The van der Waals surface area contributed by atoms with E-state index < -0.39 is 23.5 Å². The molecular formula is C22H18ClF4N3O. The van der Waals surface area contributed by atoms with Gasteiger partial charge in [-0.15, -0.1) is 0 Å². The van der Waals surface area contributed by atoms with E-state index in [9.17, 15) is 22.4 Å². The first-order chi connectivity index (χ1) is 14.6. The molecule has 3 rings (SSSR count). The maximum absolute atomic E-state index is 13.4. The third kappa shape index (κ3) is 5.32. The lowest BCUT2D eigenvalue weighted by Gasteiger charge is -2.10. The van der Waals surface area contributed by atoms with Gasteiger partial charge in [-0.05, 0) is 49.7 Å². The maximum atomic E-state index is 13.4. The molecule has 0 radical (unpaired) electrons. The Balaban J connectivity index is 1.70. The molecule has 4 nitrogen and oxygen atoms in total. The molecule has 0 saturated heterocycles. The minimum absolute atomic E-state index is 0.00192. The van der Waals surface area contributed by atoms with Crippen molar-refractivity contribution in [3.05, 3.63) is 87.4 Å². The number of rotatable bonds is 5. The second-order valence-electron chi connectivity index (χ2n) is 6.93. The van der Waals surface area contributed by atoms with Crippen molar-refractivity contribution in [2.75, 3.05) is 0 Å². The number of alkyl halides is 3. The Morgan fingerprint density at radius 2 is 1.90 bits per heavy atom. The van der Waals surface area contributed by atoms with Gasteiger partial charge in [0, 0.05) is 22.6 Å². The van der Waals surface area contributed by atoms with Gasteiger partial charge in [-0.2, -0.15) is 18.3 Å². The van der Waals surface area contributed by atoms with Gasteiger partial charge in [-0.25, -0.2) is 9.82 Å². The summed E-state index contributed by atoms with van der Waals surface area (Å²) in [4.78, 5) is 12.1. The van der Waals surface area contributed by atoms with Gasteiger partial charge >= 0.3 is 6.18 Å². The molecule has 0 unspecified atom stereocenters. The van der Waals surface area contributed by atoms with Crippen LogP contribution in [0, 0.1) is 19.7 Å². The normalized spacial score (nSPS) is 11.8. The Kier molecular flexibility index (Phi) is 6.50. The molecule has 0 spiro atoms. The molecule has 0 fully saturated rings. The minimum Gasteiger partial charge on any atom is -0.318 e. The van der Waals surface area contributed by atoms with Crippen LogP contribution in [0.5, 0.6) is 0 Å². The largest absolute Gasteiger partial charge is 0.416 e. The van der Waals surface area contributed by atoms with Crippen molar-refractivity contribution < 1.29 is 22.4 Å². The van der Waals surface area contributed by atoms with E-state index in [1.807, 2.05) is 24.5 Å². The highest BCUT2D eigenvalue weighted by molar-refractivity contribution is 6.30. The van der Waals surface area contributed by atoms with Crippen LogP contribution in [0.1, 0.15) is 28.1 Å². The smallest absolute Gasteiger partial charge is 0.318 e. The number of aryl methyl sites for hydroxylation is 1. The van der Waals surface area contributed by atoms with Gasteiger partial charge in [-0.3, -0.25) is 4.79 Å². The second-order valence-corrected chi connectivity index (χ2v) is 7.34. The van der Waals surface area contributed by atoms with E-state index in [4.69, 9.17) is 11.6 Å². The number of carbonyl (C=O) groups excluding carboxylic acids is 1. The molecule has 1 amide bonds. The van der Waals surface area contributed by atoms with E-state index in [0.717, 1.165) is 23.5 Å². The summed E-state index contributed by atoms with van der Waals surface area (Å²) in [6.07, 6.45) is -3.27. The summed E-state index contributed by atoms with van der Waals surface area (Å²) in [6, 6.07) is 10.8. The van der Waals surface area contributed by atoms with Crippen molar-refractivity contribution in [2.24, 2.45) is 5.10 Å². The quantitative estimate of drug-likeness (QED) is 0.306. The summed E-state index contributed by atoms with van der Waals surface area (Å²) in [5, 5.41) is 3.91. The zero-order chi connectivity index (χ0) is 22.8. The average molecular weight is 452 g/mol. The lowest BCUT2D eigenvalue weighted by Crippen LogP contribution is -2.20. The fourth-order valence-corrected chi connectivity index (χ4v) is 3.37. The van der Waals surface area contributed by atoms with Crippen molar-refractivity contribution in [1.82, 2.24) is 9.99 Å². The Morgan fingerprint density at radius 3 is 2.58 bits per heavy atom. The van der Waals surface area contributed by atoms with Crippen LogP contribution < -0.4 is 5.43 Å². The minimum atomic E-state index is -4.47. The van der Waals surface area contributed by atoms with Gasteiger partial charge in [0.15, 0.2) is 0 Å². The van der Waals surface area contributed by atoms with Gasteiger partial charge in [-0.1, -0.05) is 29.8 Å². The molecule has 1 heterocycles. The standard InChI is InChI=1S/C22H18ClF4N3O/c1-13-8-16(14(2)30(13)18-6-7-20(24)19(23)11-18)12-28-29-21(31)10-15-4-3-5-17(9-15)22(25,26)27/h3-9,11-12H,10H2,1-2H3,(H,29,31)/b28-12+. The molecule has 162 valence electrons. The number of benzene rings is 2. The molecule has 0 bridgehead atoms. The van der Waals surface area contributed by atoms with E-state index in [0.29, 0.717) is 11.3 Å². The predicted molar refractivity (Wildman–Crippen MR) is 111 cm³/mol. The Morgan fingerprint density at radius 1 is 1.16 bits per heavy atom. The molecule has 31 heavy (non-hydrogen) atoms. The average Bonchev–Trinajstić information content (AvgIpc) is 2.97. The highest BCUT2D eigenvalue weighted by Crippen LogP contribution is 2.29. The number of hydrogen-bond acceptors (Lipinski definition) is 2. The van der Waals surface area contributed by atoms with Gasteiger partial charge in [0.2, 0.25) is 5.91 Å². The number of nitrogens with one attached hydrogen (secondary N) is 1. The summed E-state index contributed by atoms with van der Waals surface area (Å²) in [5.74, 6) is -1.06. The van der Waals surface area contributed by atoms with E-state index in [1.54, 1.807) is 6.07 Å². The highest BCUT2D eigenvalue weighted by Gasteiger charge is 2.30. The molecule has 1 N–H and O–H groups in total. The maximum Gasteiger partial charge on any atom is 0.416 e. The van der Waals surface area contributed by atoms with Crippen LogP contribution in [0.3, 0.4) is 0 Å². The van der Waals surface area contributed by atoms with Crippen LogP contribution in [0.4, 0.5) is 17.6 Å². The topological polar surface area (TPSA) is 46.4 Å². The van der Waals surface area contributed by atoms with Crippen LogP contribution in [0.2, 0.25) is 5.02 Å². The monoisotopic (exact) mass is 451 g/mol. The predicted octanol–water partition coefficient (Wildman–Crippen LogP) is 5.60. The molecule has 0 aliphatic carbocycles. The zero-order valence-corrected chi connectivity index (χ0v) is 17.4. The van der Waals surface area contributed by atoms with Crippen molar-refractivity contribution in [3.8, 4) is 5.69 Å². The van der Waals surface area contributed by atoms with Crippen molar-refractivity contribution in [2.45, 2.75) is 26.4 Å². The van der Waals surface area contributed by atoms with Gasteiger partial charge in [0.1, 0.15) is 5.82 Å². The number of hydrazone groups is 1. The van der Waals surface area contributed by atoms with Crippen molar-refractivity contribution in [1.29, 1.82) is 0 Å². The van der Waals surface area contributed by atoms with E-state index in [2.05, 4.69) is 10.5 Å². The number of halogens is 5. The van der Waals surface area contributed by atoms with E-state index in [-0.39, 0.29) is 17.0 Å². The number of nitrogens with zero attached hydrogens (tertiary/aromatic N) is 2. The fourth-order valence-electron chi connectivity index (χ4n) is 3.20. The molecule has 0 saturated carbocycles.